The predicted molar refractivity (Wildman–Crippen MR) is 129 cm³/mol. The standard InChI is InChI=1S/C24H23ClN4O4S/c1-24(10-11-24)33-23-20-22(26-15-27-23)29(13-16-6-4-3-5-7-16)21(28-20)18-9-8-17(12-19(18)25)14-32-34(2,30)31/h3-9,12,15H,10-11,13-14H2,1-2H3. The van der Waals surface area contributed by atoms with Crippen molar-refractivity contribution in [3.8, 4) is 17.3 Å². The molecule has 0 aliphatic heterocycles. The Morgan fingerprint density at radius 1 is 1.09 bits per heavy atom. The molecule has 0 unspecified atom stereocenters. The molecule has 4 aromatic rings. The van der Waals surface area contributed by atoms with Gasteiger partial charge in [0.1, 0.15) is 17.8 Å². The number of hydrogen-bond acceptors (Lipinski definition) is 7. The van der Waals surface area contributed by atoms with Crippen LogP contribution in [0.15, 0.2) is 54.9 Å². The number of benzene rings is 2. The topological polar surface area (TPSA) is 96.2 Å². The normalized spacial score (nSPS) is 14.9. The Balaban J connectivity index is 1.60. The van der Waals surface area contributed by atoms with Gasteiger partial charge in [0.25, 0.3) is 10.1 Å². The van der Waals surface area contributed by atoms with Gasteiger partial charge in [-0.15, -0.1) is 0 Å². The number of nitrogens with zero attached hydrogens (tertiary/aromatic N) is 4. The van der Waals surface area contributed by atoms with Crippen LogP contribution in [-0.4, -0.2) is 39.8 Å². The van der Waals surface area contributed by atoms with Gasteiger partial charge in [-0.2, -0.15) is 13.4 Å². The molecule has 2 heterocycles. The maximum atomic E-state index is 11.3. The summed E-state index contributed by atoms with van der Waals surface area (Å²) >= 11 is 6.65. The van der Waals surface area contributed by atoms with E-state index in [0.29, 0.717) is 45.6 Å². The Labute approximate surface area is 202 Å². The molecule has 1 aliphatic rings. The molecule has 5 rings (SSSR count). The third-order valence-corrected chi connectivity index (χ3v) is 6.55. The van der Waals surface area contributed by atoms with Crippen LogP contribution in [0, 0.1) is 0 Å². The van der Waals surface area contributed by atoms with Crippen molar-refractivity contribution in [2.75, 3.05) is 6.26 Å². The van der Waals surface area contributed by atoms with Gasteiger partial charge in [0.05, 0.1) is 24.4 Å². The van der Waals surface area contributed by atoms with Crippen molar-refractivity contribution in [3.05, 3.63) is 71.0 Å². The quantitative estimate of drug-likeness (QED) is 0.327. The molecule has 2 aromatic heterocycles. The molecule has 176 valence electrons. The van der Waals surface area contributed by atoms with Gasteiger partial charge in [0.15, 0.2) is 11.2 Å². The zero-order valence-electron chi connectivity index (χ0n) is 18.7. The first-order valence-corrected chi connectivity index (χ1v) is 13.0. The summed E-state index contributed by atoms with van der Waals surface area (Å²) in [5, 5.41) is 0.420. The molecule has 1 fully saturated rings. The van der Waals surface area contributed by atoms with Crippen LogP contribution in [0.1, 0.15) is 30.9 Å². The predicted octanol–water partition coefficient (Wildman–Crippen LogP) is 4.60. The number of fused-ring (bicyclic) bond motifs is 1. The summed E-state index contributed by atoms with van der Waals surface area (Å²) in [5.41, 5.74) is 3.39. The van der Waals surface area contributed by atoms with Crippen LogP contribution in [0.5, 0.6) is 5.88 Å². The highest BCUT2D eigenvalue weighted by Crippen LogP contribution is 2.41. The van der Waals surface area contributed by atoms with Crippen LogP contribution >= 0.6 is 11.6 Å². The molecule has 0 atom stereocenters. The van der Waals surface area contributed by atoms with E-state index in [1.165, 1.54) is 6.33 Å². The average molecular weight is 499 g/mol. The second-order valence-electron chi connectivity index (χ2n) is 8.69. The third kappa shape index (κ3) is 4.91. The maximum Gasteiger partial charge on any atom is 0.264 e. The van der Waals surface area contributed by atoms with Gasteiger partial charge in [-0.3, -0.25) is 4.18 Å². The SMILES string of the molecule is CC1(Oc2ncnc3c2nc(-c2ccc(COS(C)(=O)=O)cc2Cl)n3Cc2ccccc2)CC1. The fourth-order valence-corrected chi connectivity index (χ4v) is 4.27. The second kappa shape index (κ2) is 8.65. The van der Waals surface area contributed by atoms with Crippen molar-refractivity contribution >= 4 is 32.9 Å². The van der Waals surface area contributed by atoms with Gasteiger partial charge >= 0.3 is 0 Å². The van der Waals surface area contributed by atoms with Gasteiger partial charge in [-0.25, -0.2) is 9.97 Å². The largest absolute Gasteiger partial charge is 0.470 e. The summed E-state index contributed by atoms with van der Waals surface area (Å²) in [7, 11) is -3.56. The number of imidazole rings is 1. The highest BCUT2D eigenvalue weighted by atomic mass is 35.5. The Hall–Kier alpha value is -3.01. The summed E-state index contributed by atoms with van der Waals surface area (Å²) in [6, 6.07) is 15.3. The van der Waals surface area contributed by atoms with Crippen LogP contribution in [-0.2, 0) is 27.5 Å². The summed E-state index contributed by atoms with van der Waals surface area (Å²) in [6.07, 6.45) is 4.44. The number of halogens is 1. The van der Waals surface area contributed by atoms with Crippen molar-refractivity contribution in [1.82, 2.24) is 19.5 Å². The van der Waals surface area contributed by atoms with Crippen LogP contribution in [0.25, 0.3) is 22.6 Å². The van der Waals surface area contributed by atoms with E-state index in [4.69, 9.17) is 25.5 Å². The van der Waals surface area contributed by atoms with E-state index in [9.17, 15) is 8.42 Å². The minimum absolute atomic E-state index is 0.0959. The summed E-state index contributed by atoms with van der Waals surface area (Å²) in [5.74, 6) is 1.07. The molecule has 0 bridgehead atoms. The van der Waals surface area contributed by atoms with Crippen LogP contribution in [0.4, 0.5) is 0 Å². The van der Waals surface area contributed by atoms with Crippen LogP contribution in [0.3, 0.4) is 0 Å². The molecule has 34 heavy (non-hydrogen) atoms. The Morgan fingerprint density at radius 2 is 1.85 bits per heavy atom. The lowest BCUT2D eigenvalue weighted by Gasteiger charge is -2.12. The van der Waals surface area contributed by atoms with Crippen molar-refractivity contribution < 1.29 is 17.3 Å². The zero-order valence-corrected chi connectivity index (χ0v) is 20.3. The molecule has 10 heteroatoms. The van der Waals surface area contributed by atoms with E-state index in [2.05, 4.69) is 16.9 Å². The maximum absolute atomic E-state index is 11.3. The number of aromatic nitrogens is 4. The molecular weight excluding hydrogens is 476 g/mol. The van der Waals surface area contributed by atoms with Crippen LogP contribution < -0.4 is 4.74 Å². The monoisotopic (exact) mass is 498 g/mol. The first-order chi connectivity index (χ1) is 16.2. The average Bonchev–Trinajstić information content (AvgIpc) is 3.41. The lowest BCUT2D eigenvalue weighted by molar-refractivity contribution is 0.194. The van der Waals surface area contributed by atoms with Gasteiger partial charge < -0.3 is 9.30 Å². The highest BCUT2D eigenvalue weighted by Gasteiger charge is 2.41. The zero-order chi connectivity index (χ0) is 23.9. The van der Waals surface area contributed by atoms with E-state index in [1.807, 2.05) is 41.0 Å². The first kappa shape index (κ1) is 22.8. The fraction of sp³-hybridized carbons (Fsp3) is 0.292. The molecule has 0 N–H and O–H groups in total. The number of hydrogen-bond donors (Lipinski definition) is 0. The van der Waals surface area contributed by atoms with Gasteiger partial charge in [0, 0.05) is 5.56 Å². The molecule has 8 nitrogen and oxygen atoms in total. The first-order valence-electron chi connectivity index (χ1n) is 10.8. The third-order valence-electron chi connectivity index (χ3n) is 5.69. The highest BCUT2D eigenvalue weighted by molar-refractivity contribution is 7.85. The Kier molecular flexibility index (Phi) is 5.79. The molecular formula is C24H23ClN4O4S. The van der Waals surface area contributed by atoms with E-state index in [-0.39, 0.29) is 12.2 Å². The lowest BCUT2D eigenvalue weighted by Crippen LogP contribution is -2.13. The summed E-state index contributed by atoms with van der Waals surface area (Å²) in [4.78, 5) is 13.7. The fourth-order valence-electron chi connectivity index (χ4n) is 3.63. The molecule has 0 saturated heterocycles. The summed E-state index contributed by atoms with van der Waals surface area (Å²) in [6.45, 7) is 2.48. The smallest absolute Gasteiger partial charge is 0.264 e. The van der Waals surface area contributed by atoms with Crippen molar-refractivity contribution in [1.29, 1.82) is 0 Å². The van der Waals surface area contributed by atoms with Crippen molar-refractivity contribution in [2.24, 2.45) is 0 Å². The molecule has 1 aliphatic carbocycles. The number of rotatable bonds is 8. The molecule has 1 saturated carbocycles. The molecule has 0 spiro atoms. The van der Waals surface area contributed by atoms with Gasteiger partial charge in [-0.05, 0) is 43.0 Å². The van der Waals surface area contributed by atoms with Crippen molar-refractivity contribution in [3.63, 3.8) is 0 Å². The second-order valence-corrected chi connectivity index (χ2v) is 10.7. The van der Waals surface area contributed by atoms with E-state index in [1.54, 1.807) is 12.1 Å². The Bertz CT molecular complexity index is 1470. The van der Waals surface area contributed by atoms with Crippen LogP contribution in [0.2, 0.25) is 5.02 Å². The number of ether oxygens (including phenoxy) is 1. The van der Waals surface area contributed by atoms with Gasteiger partial charge in [-0.1, -0.05) is 48.0 Å². The van der Waals surface area contributed by atoms with Gasteiger partial charge in [0.2, 0.25) is 5.88 Å². The minimum Gasteiger partial charge on any atom is -0.470 e. The molecule has 2 aromatic carbocycles. The minimum atomic E-state index is -3.56. The Morgan fingerprint density at radius 3 is 2.53 bits per heavy atom. The summed E-state index contributed by atoms with van der Waals surface area (Å²) < 4.78 is 35.7. The van der Waals surface area contributed by atoms with Crippen molar-refractivity contribution in [2.45, 2.75) is 38.5 Å². The van der Waals surface area contributed by atoms with E-state index < -0.39 is 10.1 Å². The molecule has 0 amide bonds. The van der Waals surface area contributed by atoms with E-state index >= 15 is 0 Å². The lowest BCUT2D eigenvalue weighted by atomic mass is 10.1. The van der Waals surface area contributed by atoms with E-state index in [0.717, 1.165) is 24.7 Å². The molecule has 0 radical (unpaired) electrons.